The third-order valence-electron chi connectivity index (χ3n) is 4.06. The van der Waals surface area contributed by atoms with Crippen LogP contribution >= 0.6 is 0 Å². The third-order valence-corrected chi connectivity index (χ3v) is 4.06. The fraction of sp³-hybridized carbons (Fsp3) is 0.333. The monoisotopic (exact) mass is 340 g/mol. The Balaban J connectivity index is 1.60. The number of nitrogens with zero attached hydrogens (tertiary/aromatic N) is 3. The lowest BCUT2D eigenvalue weighted by atomic mass is 10.1. The summed E-state index contributed by atoms with van der Waals surface area (Å²) >= 11 is 0. The third kappa shape index (κ3) is 3.93. The van der Waals surface area contributed by atoms with Crippen LogP contribution in [0.25, 0.3) is 11.1 Å². The zero-order valence-corrected chi connectivity index (χ0v) is 14.2. The van der Waals surface area contributed by atoms with Gasteiger partial charge in [-0.05, 0) is 32.3 Å². The van der Waals surface area contributed by atoms with Gasteiger partial charge in [0.1, 0.15) is 18.3 Å². The molecule has 0 saturated heterocycles. The maximum Gasteiger partial charge on any atom is 0.267 e. The molecule has 0 fully saturated rings. The van der Waals surface area contributed by atoms with Gasteiger partial charge in [0.2, 0.25) is 5.91 Å². The van der Waals surface area contributed by atoms with Gasteiger partial charge in [-0.3, -0.25) is 14.2 Å². The molecule has 0 unspecified atom stereocenters. The molecule has 0 radical (unpaired) electrons. The maximum absolute atomic E-state index is 12.4. The quantitative estimate of drug-likeness (QED) is 0.739. The summed E-state index contributed by atoms with van der Waals surface area (Å²) < 4.78 is 6.22. The van der Waals surface area contributed by atoms with Crippen LogP contribution in [0.1, 0.15) is 24.6 Å². The van der Waals surface area contributed by atoms with Crippen molar-refractivity contribution in [3.05, 3.63) is 58.3 Å². The fourth-order valence-electron chi connectivity index (χ4n) is 2.70. The molecule has 7 heteroatoms. The molecule has 7 nitrogen and oxygen atoms in total. The SMILES string of the molecule is Cc1noc2ncn(CC(=O)N[C@@H](C)CCc3ccccc3)c(=O)c12. The van der Waals surface area contributed by atoms with E-state index in [1.807, 2.05) is 25.1 Å². The van der Waals surface area contributed by atoms with Gasteiger partial charge >= 0.3 is 0 Å². The molecule has 0 aliphatic heterocycles. The highest BCUT2D eigenvalue weighted by Gasteiger charge is 2.14. The molecule has 1 atom stereocenters. The molecule has 3 rings (SSSR count). The number of nitrogens with one attached hydrogen (secondary N) is 1. The van der Waals surface area contributed by atoms with Crippen molar-refractivity contribution in [2.24, 2.45) is 0 Å². The Morgan fingerprint density at radius 1 is 1.32 bits per heavy atom. The number of benzene rings is 1. The van der Waals surface area contributed by atoms with Crippen LogP contribution in [0.2, 0.25) is 0 Å². The van der Waals surface area contributed by atoms with Crippen molar-refractivity contribution in [1.29, 1.82) is 0 Å². The molecule has 25 heavy (non-hydrogen) atoms. The predicted octanol–water partition coefficient (Wildman–Crippen LogP) is 1.83. The van der Waals surface area contributed by atoms with Crippen LogP contribution < -0.4 is 10.9 Å². The van der Waals surface area contributed by atoms with Crippen LogP contribution in [0, 0.1) is 6.92 Å². The number of rotatable bonds is 6. The number of amides is 1. The largest absolute Gasteiger partial charge is 0.352 e. The van der Waals surface area contributed by atoms with Crippen molar-refractivity contribution >= 4 is 17.0 Å². The van der Waals surface area contributed by atoms with Gasteiger partial charge in [-0.1, -0.05) is 35.5 Å². The van der Waals surface area contributed by atoms with E-state index < -0.39 is 0 Å². The maximum atomic E-state index is 12.4. The van der Waals surface area contributed by atoms with Crippen molar-refractivity contribution in [2.45, 2.75) is 39.3 Å². The van der Waals surface area contributed by atoms with E-state index in [1.165, 1.54) is 16.5 Å². The highest BCUT2D eigenvalue weighted by Crippen LogP contribution is 2.09. The predicted molar refractivity (Wildman–Crippen MR) is 93.2 cm³/mol. The fourth-order valence-corrected chi connectivity index (χ4v) is 2.70. The minimum absolute atomic E-state index is 0.0115. The Labute approximate surface area is 144 Å². The molecule has 0 aliphatic carbocycles. The summed E-state index contributed by atoms with van der Waals surface area (Å²) in [4.78, 5) is 28.6. The molecule has 1 N–H and O–H groups in total. The molecule has 1 amide bonds. The van der Waals surface area contributed by atoms with E-state index in [-0.39, 0.29) is 29.8 Å². The van der Waals surface area contributed by atoms with E-state index in [2.05, 4.69) is 27.6 Å². The number of aromatic nitrogens is 3. The first kappa shape index (κ1) is 16.9. The average molecular weight is 340 g/mol. The number of fused-ring (bicyclic) bond motifs is 1. The highest BCUT2D eigenvalue weighted by molar-refractivity contribution is 5.77. The van der Waals surface area contributed by atoms with Crippen molar-refractivity contribution < 1.29 is 9.32 Å². The van der Waals surface area contributed by atoms with E-state index in [0.29, 0.717) is 11.1 Å². The molecular weight excluding hydrogens is 320 g/mol. The number of hydrogen-bond acceptors (Lipinski definition) is 5. The molecule has 0 aliphatic rings. The lowest BCUT2D eigenvalue weighted by Crippen LogP contribution is -2.37. The van der Waals surface area contributed by atoms with Gasteiger partial charge in [0.05, 0.1) is 5.69 Å². The summed E-state index contributed by atoms with van der Waals surface area (Å²) in [5.41, 5.74) is 1.57. The van der Waals surface area contributed by atoms with Crippen LogP contribution in [-0.4, -0.2) is 26.7 Å². The van der Waals surface area contributed by atoms with Gasteiger partial charge in [-0.2, -0.15) is 0 Å². The number of hydrogen-bond donors (Lipinski definition) is 1. The van der Waals surface area contributed by atoms with E-state index in [1.54, 1.807) is 6.92 Å². The first-order valence-electron chi connectivity index (χ1n) is 8.19. The van der Waals surface area contributed by atoms with Crippen LogP contribution in [-0.2, 0) is 17.8 Å². The Bertz CT molecular complexity index is 930. The lowest BCUT2D eigenvalue weighted by molar-refractivity contribution is -0.122. The summed E-state index contributed by atoms with van der Waals surface area (Å²) in [5.74, 6) is -0.224. The molecule has 2 heterocycles. The summed E-state index contributed by atoms with van der Waals surface area (Å²) in [6.45, 7) is 3.54. The second kappa shape index (κ2) is 7.29. The zero-order chi connectivity index (χ0) is 17.8. The Kier molecular flexibility index (Phi) is 4.92. The minimum Gasteiger partial charge on any atom is -0.352 e. The van der Waals surface area contributed by atoms with Crippen LogP contribution in [0.3, 0.4) is 0 Å². The number of carbonyl (C=O) groups excluding carboxylic acids is 1. The highest BCUT2D eigenvalue weighted by atomic mass is 16.5. The Morgan fingerprint density at radius 2 is 2.08 bits per heavy atom. The van der Waals surface area contributed by atoms with E-state index in [9.17, 15) is 9.59 Å². The van der Waals surface area contributed by atoms with Gasteiger partial charge < -0.3 is 9.84 Å². The minimum atomic E-state index is -0.323. The molecule has 2 aromatic heterocycles. The van der Waals surface area contributed by atoms with Crippen molar-refractivity contribution in [1.82, 2.24) is 20.0 Å². The van der Waals surface area contributed by atoms with E-state index in [4.69, 9.17) is 4.52 Å². The lowest BCUT2D eigenvalue weighted by Gasteiger charge is -2.14. The Morgan fingerprint density at radius 3 is 2.84 bits per heavy atom. The number of aryl methyl sites for hydroxylation is 2. The second-order valence-electron chi connectivity index (χ2n) is 6.12. The van der Waals surface area contributed by atoms with Gasteiger partial charge in [-0.15, -0.1) is 0 Å². The first-order valence-corrected chi connectivity index (χ1v) is 8.19. The average Bonchev–Trinajstić information content (AvgIpc) is 2.98. The van der Waals surface area contributed by atoms with Crippen LogP contribution in [0.4, 0.5) is 0 Å². The first-order chi connectivity index (χ1) is 12.0. The summed E-state index contributed by atoms with van der Waals surface area (Å²) in [7, 11) is 0. The molecular formula is C18H20N4O3. The summed E-state index contributed by atoms with van der Waals surface area (Å²) in [6.07, 6.45) is 3.02. The van der Waals surface area contributed by atoms with Crippen molar-refractivity contribution in [3.8, 4) is 0 Å². The normalized spacial score (nSPS) is 12.2. The number of carbonyl (C=O) groups is 1. The molecule has 3 aromatic rings. The Hall–Kier alpha value is -2.96. The molecule has 0 bridgehead atoms. The van der Waals surface area contributed by atoms with Gasteiger partial charge in [-0.25, -0.2) is 4.98 Å². The van der Waals surface area contributed by atoms with Gasteiger partial charge in [0, 0.05) is 6.04 Å². The topological polar surface area (TPSA) is 90.0 Å². The van der Waals surface area contributed by atoms with Crippen molar-refractivity contribution in [3.63, 3.8) is 0 Å². The van der Waals surface area contributed by atoms with Gasteiger partial charge in [0.25, 0.3) is 11.3 Å². The standard InChI is InChI=1S/C18H20N4O3/c1-12(8-9-14-6-4-3-5-7-14)20-15(23)10-22-11-19-17-16(18(22)24)13(2)21-25-17/h3-7,11-12H,8-10H2,1-2H3,(H,20,23)/t12-/m0/s1. The summed E-state index contributed by atoms with van der Waals surface area (Å²) in [6, 6.07) is 10.1. The summed E-state index contributed by atoms with van der Waals surface area (Å²) in [5, 5.41) is 6.96. The molecule has 0 saturated carbocycles. The van der Waals surface area contributed by atoms with Gasteiger partial charge in [0.15, 0.2) is 0 Å². The molecule has 130 valence electrons. The smallest absolute Gasteiger partial charge is 0.267 e. The second-order valence-corrected chi connectivity index (χ2v) is 6.12. The van der Waals surface area contributed by atoms with E-state index >= 15 is 0 Å². The zero-order valence-electron chi connectivity index (χ0n) is 14.2. The van der Waals surface area contributed by atoms with Crippen molar-refractivity contribution in [2.75, 3.05) is 0 Å². The van der Waals surface area contributed by atoms with Crippen LogP contribution in [0.5, 0.6) is 0 Å². The van der Waals surface area contributed by atoms with E-state index in [0.717, 1.165) is 12.8 Å². The van der Waals surface area contributed by atoms with Crippen LogP contribution in [0.15, 0.2) is 46.0 Å². The molecule has 0 spiro atoms. The molecule has 1 aromatic carbocycles.